The molecule has 25 heavy (non-hydrogen) atoms. The Labute approximate surface area is 153 Å². The minimum absolute atomic E-state index is 0.459. The van der Waals surface area contributed by atoms with Gasteiger partial charge in [0.25, 0.3) is 5.56 Å². The average Bonchev–Trinajstić information content (AvgIpc) is 2.56. The van der Waals surface area contributed by atoms with Crippen molar-refractivity contribution in [3.8, 4) is 0 Å². The monoisotopic (exact) mass is 401 g/mol. The van der Waals surface area contributed by atoms with E-state index in [1.807, 2.05) is 6.07 Å². The van der Waals surface area contributed by atoms with Gasteiger partial charge in [0.1, 0.15) is 0 Å². The normalized spacial score (nSPS) is 17.3. The van der Waals surface area contributed by atoms with E-state index in [1.54, 1.807) is 23.9 Å². The molecule has 0 unspecified atom stereocenters. The Morgan fingerprint density at radius 1 is 1.28 bits per heavy atom. The highest BCUT2D eigenvalue weighted by Gasteiger charge is 2.29. The molecule has 1 aliphatic heterocycles. The van der Waals surface area contributed by atoms with E-state index in [0.29, 0.717) is 11.4 Å². The number of nitrogens with one attached hydrogen (secondary N) is 1. The molecule has 1 atom stereocenters. The van der Waals surface area contributed by atoms with Crippen LogP contribution in [-0.2, 0) is 24.1 Å². The molecule has 0 saturated carbocycles. The molecular formula is C15H16ClN3O4S2. The highest BCUT2D eigenvalue weighted by atomic mass is 35.5. The molecule has 1 N–H and O–H groups in total. The number of thioether (sulfide) groups is 1. The zero-order chi connectivity index (χ0) is 18.4. The van der Waals surface area contributed by atoms with Gasteiger partial charge in [0, 0.05) is 36.3 Å². The van der Waals surface area contributed by atoms with Gasteiger partial charge in [0.05, 0.1) is 0 Å². The number of rotatable bonds is 3. The number of benzene rings is 1. The molecule has 1 aromatic heterocycles. The number of aromatic nitrogens is 2. The van der Waals surface area contributed by atoms with Gasteiger partial charge in [-0.15, -0.1) is 11.8 Å². The molecule has 3 rings (SSSR count). The quantitative estimate of drug-likeness (QED) is 0.836. The van der Waals surface area contributed by atoms with Crippen LogP contribution in [0.25, 0.3) is 0 Å². The average molecular weight is 402 g/mol. The van der Waals surface area contributed by atoms with Crippen molar-refractivity contribution in [1.82, 2.24) is 13.9 Å². The number of aryl methyl sites for hydroxylation is 1. The van der Waals surface area contributed by atoms with Crippen molar-refractivity contribution in [3.05, 3.63) is 55.8 Å². The zero-order valence-electron chi connectivity index (χ0n) is 13.5. The van der Waals surface area contributed by atoms with Gasteiger partial charge in [0.2, 0.25) is 10.0 Å². The predicted molar refractivity (Wildman–Crippen MR) is 96.8 cm³/mol. The van der Waals surface area contributed by atoms with Crippen molar-refractivity contribution in [2.24, 2.45) is 14.1 Å². The SMILES string of the molecule is Cn1cc(S(=O)(=O)N[C@H]2CCSc3ccc(Cl)cc32)c(=O)n(C)c1=O. The van der Waals surface area contributed by atoms with E-state index >= 15 is 0 Å². The molecule has 2 aromatic rings. The van der Waals surface area contributed by atoms with Gasteiger partial charge in [-0.05, 0) is 35.9 Å². The standard InChI is InChI=1S/C15H16ClN3O4S2/c1-18-8-13(14(20)19(2)15(18)21)25(22,23)17-11-5-6-24-12-4-3-9(16)7-10(11)12/h3-4,7-8,11,17H,5-6H2,1-2H3/t11-/m0/s1. The number of fused-ring (bicyclic) bond motifs is 1. The van der Waals surface area contributed by atoms with Crippen LogP contribution in [0.4, 0.5) is 0 Å². The fraction of sp³-hybridized carbons (Fsp3) is 0.333. The van der Waals surface area contributed by atoms with Gasteiger partial charge in [0.15, 0.2) is 4.90 Å². The fourth-order valence-electron chi connectivity index (χ4n) is 2.70. The maximum atomic E-state index is 12.8. The van der Waals surface area contributed by atoms with Crippen LogP contribution in [0, 0.1) is 0 Å². The molecule has 0 spiro atoms. The summed E-state index contributed by atoms with van der Waals surface area (Å²) in [5.74, 6) is 0.743. The second-order valence-corrected chi connectivity index (χ2v) is 9.00. The van der Waals surface area contributed by atoms with E-state index in [9.17, 15) is 18.0 Å². The molecule has 0 bridgehead atoms. The van der Waals surface area contributed by atoms with Crippen LogP contribution in [0.15, 0.2) is 43.8 Å². The van der Waals surface area contributed by atoms with Crippen LogP contribution < -0.4 is 16.0 Å². The summed E-state index contributed by atoms with van der Waals surface area (Å²) >= 11 is 7.66. The Morgan fingerprint density at radius 2 is 2.00 bits per heavy atom. The summed E-state index contributed by atoms with van der Waals surface area (Å²) in [5, 5.41) is 0.517. The van der Waals surface area contributed by atoms with Gasteiger partial charge >= 0.3 is 5.69 Å². The van der Waals surface area contributed by atoms with Crippen molar-refractivity contribution in [3.63, 3.8) is 0 Å². The van der Waals surface area contributed by atoms with Gasteiger partial charge in [-0.25, -0.2) is 17.9 Å². The number of hydrogen-bond acceptors (Lipinski definition) is 5. The van der Waals surface area contributed by atoms with Crippen LogP contribution in [0.3, 0.4) is 0 Å². The van der Waals surface area contributed by atoms with Crippen LogP contribution in [0.5, 0.6) is 0 Å². The first-order valence-corrected chi connectivity index (χ1v) is 10.3. The third kappa shape index (κ3) is 3.41. The molecule has 1 aliphatic rings. The van der Waals surface area contributed by atoms with E-state index in [-0.39, 0.29) is 0 Å². The van der Waals surface area contributed by atoms with E-state index in [1.165, 1.54) is 14.1 Å². The van der Waals surface area contributed by atoms with E-state index in [4.69, 9.17) is 11.6 Å². The van der Waals surface area contributed by atoms with Crippen LogP contribution >= 0.6 is 23.4 Å². The Hall–Kier alpha value is -1.55. The first-order valence-electron chi connectivity index (χ1n) is 7.42. The molecule has 2 heterocycles. The predicted octanol–water partition coefficient (Wildman–Crippen LogP) is 1.25. The lowest BCUT2D eigenvalue weighted by atomic mass is 10.1. The maximum absolute atomic E-state index is 12.8. The summed E-state index contributed by atoms with van der Waals surface area (Å²) in [6.07, 6.45) is 1.62. The van der Waals surface area contributed by atoms with Crippen LogP contribution in [0.2, 0.25) is 5.02 Å². The van der Waals surface area contributed by atoms with Crippen LogP contribution in [0.1, 0.15) is 18.0 Å². The Morgan fingerprint density at radius 3 is 2.72 bits per heavy atom. The number of nitrogens with zero attached hydrogens (tertiary/aromatic N) is 2. The van der Waals surface area contributed by atoms with E-state index < -0.39 is 32.2 Å². The highest BCUT2D eigenvalue weighted by Crippen LogP contribution is 2.38. The lowest BCUT2D eigenvalue weighted by molar-refractivity contribution is 0.539. The van der Waals surface area contributed by atoms with Crippen molar-refractivity contribution < 1.29 is 8.42 Å². The lowest BCUT2D eigenvalue weighted by Crippen LogP contribution is -2.42. The Bertz CT molecular complexity index is 1060. The zero-order valence-corrected chi connectivity index (χ0v) is 15.9. The third-order valence-electron chi connectivity index (χ3n) is 4.01. The van der Waals surface area contributed by atoms with E-state index in [2.05, 4.69) is 4.72 Å². The summed E-state index contributed by atoms with van der Waals surface area (Å²) in [4.78, 5) is 24.5. The van der Waals surface area contributed by atoms with Crippen LogP contribution in [-0.4, -0.2) is 23.3 Å². The lowest BCUT2D eigenvalue weighted by Gasteiger charge is -2.26. The molecule has 10 heteroatoms. The summed E-state index contributed by atoms with van der Waals surface area (Å²) in [7, 11) is -1.46. The van der Waals surface area contributed by atoms with E-state index in [0.717, 1.165) is 31.5 Å². The summed E-state index contributed by atoms with van der Waals surface area (Å²) in [5.41, 5.74) is -0.656. The first-order chi connectivity index (χ1) is 11.7. The van der Waals surface area contributed by atoms with Crippen molar-refractivity contribution in [1.29, 1.82) is 0 Å². The maximum Gasteiger partial charge on any atom is 0.330 e. The molecule has 0 amide bonds. The number of hydrogen-bond donors (Lipinski definition) is 1. The summed E-state index contributed by atoms with van der Waals surface area (Å²) < 4.78 is 29.9. The largest absolute Gasteiger partial charge is 0.330 e. The Kier molecular flexibility index (Phi) is 4.84. The van der Waals surface area contributed by atoms with Crippen molar-refractivity contribution in [2.75, 3.05) is 5.75 Å². The fourth-order valence-corrected chi connectivity index (χ4v) is 5.39. The second kappa shape index (κ2) is 6.64. The molecule has 0 saturated heterocycles. The summed E-state index contributed by atoms with van der Waals surface area (Å²) in [6.45, 7) is 0. The first kappa shape index (κ1) is 18.2. The smallest absolute Gasteiger partial charge is 0.302 e. The number of halogens is 1. The third-order valence-corrected chi connectivity index (χ3v) is 6.82. The second-order valence-electron chi connectivity index (χ2n) is 5.74. The van der Waals surface area contributed by atoms with Gasteiger partial charge in [-0.1, -0.05) is 11.6 Å². The molecule has 0 radical (unpaired) electrons. The molecule has 0 aliphatic carbocycles. The highest BCUT2D eigenvalue weighted by molar-refractivity contribution is 7.99. The topological polar surface area (TPSA) is 90.2 Å². The molecule has 0 fully saturated rings. The Balaban J connectivity index is 2.04. The minimum Gasteiger partial charge on any atom is -0.302 e. The van der Waals surface area contributed by atoms with Gasteiger partial charge in [-0.3, -0.25) is 9.36 Å². The number of sulfonamides is 1. The minimum atomic E-state index is -4.10. The molecule has 134 valence electrons. The summed E-state index contributed by atoms with van der Waals surface area (Å²) in [6, 6.07) is 4.86. The van der Waals surface area contributed by atoms with Gasteiger partial charge < -0.3 is 4.57 Å². The molecule has 7 nitrogen and oxygen atoms in total. The molecular weight excluding hydrogens is 386 g/mol. The van der Waals surface area contributed by atoms with Crippen molar-refractivity contribution in [2.45, 2.75) is 22.3 Å². The van der Waals surface area contributed by atoms with Gasteiger partial charge in [-0.2, -0.15) is 0 Å². The van der Waals surface area contributed by atoms with Crippen molar-refractivity contribution >= 4 is 33.4 Å². The molecule has 1 aromatic carbocycles.